The van der Waals surface area contributed by atoms with E-state index in [0.717, 1.165) is 0 Å². The molecule has 1 saturated heterocycles. The van der Waals surface area contributed by atoms with E-state index in [2.05, 4.69) is 21.2 Å². The summed E-state index contributed by atoms with van der Waals surface area (Å²) in [4.78, 5) is 0.157. The van der Waals surface area contributed by atoms with Crippen molar-refractivity contribution >= 4 is 37.6 Å². The van der Waals surface area contributed by atoms with Gasteiger partial charge < -0.3 is 5.32 Å². The van der Waals surface area contributed by atoms with Crippen LogP contribution < -0.4 is 5.32 Å². The van der Waals surface area contributed by atoms with Crippen LogP contribution >= 0.6 is 27.5 Å². The van der Waals surface area contributed by atoms with E-state index in [1.165, 1.54) is 4.31 Å². The van der Waals surface area contributed by atoms with Gasteiger partial charge in [0.2, 0.25) is 10.0 Å². The fourth-order valence-electron chi connectivity index (χ4n) is 2.30. The second-order valence-corrected chi connectivity index (χ2v) is 7.98. The van der Waals surface area contributed by atoms with Crippen LogP contribution in [0.2, 0.25) is 5.02 Å². The van der Waals surface area contributed by atoms with E-state index in [4.69, 9.17) is 11.6 Å². The summed E-state index contributed by atoms with van der Waals surface area (Å²) in [5.74, 6) is 0. The first kappa shape index (κ1) is 15.3. The lowest BCUT2D eigenvalue weighted by atomic mass is 10.2. The molecule has 1 aromatic carbocycles. The molecule has 1 heterocycles. The van der Waals surface area contributed by atoms with Gasteiger partial charge in [-0.05, 0) is 41.9 Å². The molecule has 19 heavy (non-hydrogen) atoms. The van der Waals surface area contributed by atoms with Gasteiger partial charge >= 0.3 is 0 Å². The summed E-state index contributed by atoms with van der Waals surface area (Å²) in [6.07, 6.45) is 0. The maximum Gasteiger partial charge on any atom is 0.244 e. The van der Waals surface area contributed by atoms with E-state index in [1.807, 2.05) is 13.8 Å². The average molecular weight is 368 g/mol. The van der Waals surface area contributed by atoms with Crippen LogP contribution in [0.3, 0.4) is 0 Å². The number of nitrogens with one attached hydrogen (secondary N) is 1. The molecule has 2 rings (SSSR count). The number of hydrogen-bond donors (Lipinski definition) is 1. The van der Waals surface area contributed by atoms with Crippen LogP contribution in [0.1, 0.15) is 13.8 Å². The van der Waals surface area contributed by atoms with Gasteiger partial charge in [-0.25, -0.2) is 8.42 Å². The van der Waals surface area contributed by atoms with Crippen LogP contribution in [-0.4, -0.2) is 37.9 Å². The Kier molecular flexibility index (Phi) is 4.57. The van der Waals surface area contributed by atoms with Gasteiger partial charge in [-0.15, -0.1) is 0 Å². The number of nitrogens with zero attached hydrogens (tertiary/aromatic N) is 1. The first-order valence-electron chi connectivity index (χ1n) is 6.02. The third kappa shape index (κ3) is 3.13. The van der Waals surface area contributed by atoms with Crippen LogP contribution in [0.5, 0.6) is 0 Å². The molecule has 0 radical (unpaired) electrons. The second kappa shape index (κ2) is 5.69. The first-order valence-corrected chi connectivity index (χ1v) is 8.63. The molecule has 4 nitrogen and oxygen atoms in total. The van der Waals surface area contributed by atoms with Gasteiger partial charge in [0.1, 0.15) is 4.90 Å². The van der Waals surface area contributed by atoms with Crippen LogP contribution in [-0.2, 0) is 10.0 Å². The molecule has 0 saturated carbocycles. The van der Waals surface area contributed by atoms with Crippen molar-refractivity contribution < 1.29 is 8.42 Å². The predicted octanol–water partition coefficient (Wildman–Crippen LogP) is 2.47. The van der Waals surface area contributed by atoms with Gasteiger partial charge in [-0.3, -0.25) is 0 Å². The van der Waals surface area contributed by atoms with Gasteiger partial charge in [0.15, 0.2) is 0 Å². The smallest absolute Gasteiger partial charge is 0.244 e. The molecule has 1 fully saturated rings. The van der Waals surface area contributed by atoms with Crippen molar-refractivity contribution in [2.45, 2.75) is 30.8 Å². The summed E-state index contributed by atoms with van der Waals surface area (Å²) in [7, 11) is -3.55. The molecular weight excluding hydrogens is 352 g/mol. The Labute approximate surface area is 127 Å². The second-order valence-electron chi connectivity index (χ2n) is 4.84. The molecule has 1 aliphatic rings. The molecule has 0 amide bonds. The predicted molar refractivity (Wildman–Crippen MR) is 80.0 cm³/mol. The van der Waals surface area contributed by atoms with Crippen LogP contribution in [0.15, 0.2) is 27.6 Å². The van der Waals surface area contributed by atoms with Crippen LogP contribution in [0.4, 0.5) is 0 Å². The number of sulfonamides is 1. The molecule has 7 heteroatoms. The molecule has 1 aromatic rings. The van der Waals surface area contributed by atoms with Crippen molar-refractivity contribution in [2.75, 3.05) is 13.1 Å². The van der Waals surface area contributed by atoms with Gasteiger partial charge in [-0.1, -0.05) is 17.7 Å². The largest absolute Gasteiger partial charge is 0.309 e. The Hall–Kier alpha value is -0.140. The van der Waals surface area contributed by atoms with Crippen LogP contribution in [0.25, 0.3) is 0 Å². The fraction of sp³-hybridized carbons (Fsp3) is 0.500. The molecular formula is C12H16BrClN2O2S. The molecule has 2 atom stereocenters. The van der Waals surface area contributed by atoms with Gasteiger partial charge in [0, 0.05) is 29.6 Å². The van der Waals surface area contributed by atoms with Gasteiger partial charge in [-0.2, -0.15) is 4.31 Å². The zero-order chi connectivity index (χ0) is 14.2. The standard InChI is InChI=1S/C12H16BrClN2O2S/c1-8-6-16(7-9(2)15-8)19(17,18)11-5-3-4-10(13)12(11)14/h3-5,8-9,15H,6-7H2,1-2H3. The lowest BCUT2D eigenvalue weighted by molar-refractivity contribution is 0.263. The maximum absolute atomic E-state index is 12.6. The molecule has 1 aliphatic heterocycles. The zero-order valence-electron chi connectivity index (χ0n) is 10.7. The molecule has 1 N–H and O–H groups in total. The molecule has 2 unspecified atom stereocenters. The third-order valence-electron chi connectivity index (χ3n) is 3.06. The Bertz CT molecular complexity index is 569. The maximum atomic E-state index is 12.6. The Morgan fingerprint density at radius 2 is 1.89 bits per heavy atom. The number of benzene rings is 1. The SMILES string of the molecule is CC1CN(S(=O)(=O)c2cccc(Br)c2Cl)CC(C)N1. The van der Waals surface area contributed by atoms with E-state index < -0.39 is 10.0 Å². The van der Waals surface area contributed by atoms with E-state index >= 15 is 0 Å². The quantitative estimate of drug-likeness (QED) is 0.873. The normalized spacial score (nSPS) is 25.5. The first-order chi connectivity index (χ1) is 8.82. The van der Waals surface area contributed by atoms with Crippen molar-refractivity contribution in [3.8, 4) is 0 Å². The third-order valence-corrected chi connectivity index (χ3v) is 6.34. The Balaban J connectivity index is 2.39. The molecule has 0 spiro atoms. The van der Waals surface area contributed by atoms with Crippen molar-refractivity contribution in [3.05, 3.63) is 27.7 Å². The highest BCUT2D eigenvalue weighted by atomic mass is 79.9. The van der Waals surface area contributed by atoms with Crippen LogP contribution in [0, 0.1) is 0 Å². The summed E-state index contributed by atoms with van der Waals surface area (Å²) in [6, 6.07) is 5.20. The lowest BCUT2D eigenvalue weighted by Crippen LogP contribution is -2.55. The summed E-state index contributed by atoms with van der Waals surface area (Å²) < 4.78 is 27.4. The minimum atomic E-state index is -3.55. The van der Waals surface area contributed by atoms with Crippen molar-refractivity contribution in [2.24, 2.45) is 0 Å². The minimum Gasteiger partial charge on any atom is -0.309 e. The van der Waals surface area contributed by atoms with Gasteiger partial charge in [0.05, 0.1) is 5.02 Å². The Morgan fingerprint density at radius 3 is 2.47 bits per heavy atom. The van der Waals surface area contributed by atoms with E-state index in [1.54, 1.807) is 18.2 Å². The Morgan fingerprint density at radius 1 is 1.32 bits per heavy atom. The van der Waals surface area contributed by atoms with E-state index in [-0.39, 0.29) is 22.0 Å². The highest BCUT2D eigenvalue weighted by Crippen LogP contribution is 2.31. The minimum absolute atomic E-state index is 0.129. The number of piperazine rings is 1. The topological polar surface area (TPSA) is 49.4 Å². The summed E-state index contributed by atoms with van der Waals surface area (Å²) in [6.45, 7) is 4.85. The zero-order valence-corrected chi connectivity index (χ0v) is 13.9. The molecule has 0 aromatic heterocycles. The average Bonchev–Trinajstić information content (AvgIpc) is 2.31. The monoisotopic (exact) mass is 366 g/mol. The van der Waals surface area contributed by atoms with E-state index in [0.29, 0.717) is 17.6 Å². The lowest BCUT2D eigenvalue weighted by Gasteiger charge is -2.35. The molecule has 106 valence electrons. The summed E-state index contributed by atoms with van der Waals surface area (Å²) in [5, 5.41) is 3.55. The number of rotatable bonds is 2. The molecule has 0 bridgehead atoms. The summed E-state index contributed by atoms with van der Waals surface area (Å²) >= 11 is 9.36. The van der Waals surface area contributed by atoms with E-state index in [9.17, 15) is 8.42 Å². The summed E-state index contributed by atoms with van der Waals surface area (Å²) in [5.41, 5.74) is 0. The number of halogens is 2. The van der Waals surface area contributed by atoms with Crippen molar-refractivity contribution in [3.63, 3.8) is 0 Å². The highest BCUT2D eigenvalue weighted by Gasteiger charge is 2.32. The molecule has 0 aliphatic carbocycles. The number of hydrogen-bond acceptors (Lipinski definition) is 3. The fourth-order valence-corrected chi connectivity index (χ4v) is 4.92. The van der Waals surface area contributed by atoms with Crippen molar-refractivity contribution in [1.82, 2.24) is 9.62 Å². The van der Waals surface area contributed by atoms with Crippen molar-refractivity contribution in [1.29, 1.82) is 0 Å². The van der Waals surface area contributed by atoms with Gasteiger partial charge in [0.25, 0.3) is 0 Å². The highest BCUT2D eigenvalue weighted by molar-refractivity contribution is 9.10.